The first-order valence-corrected chi connectivity index (χ1v) is 10.2. The summed E-state index contributed by atoms with van der Waals surface area (Å²) in [6.07, 6.45) is 3.83. The Labute approximate surface area is 188 Å². The number of pyridine rings is 1. The van der Waals surface area contributed by atoms with Gasteiger partial charge in [-0.05, 0) is 18.2 Å². The number of hydrogen-bond acceptors (Lipinski definition) is 7. The van der Waals surface area contributed by atoms with Gasteiger partial charge in [-0.3, -0.25) is 10.1 Å². The van der Waals surface area contributed by atoms with Crippen LogP contribution < -0.4 is 11.1 Å². The van der Waals surface area contributed by atoms with E-state index in [4.69, 9.17) is 22.3 Å². The second-order valence-electron chi connectivity index (χ2n) is 7.15. The largest absolute Gasteiger partial charge is 0.381 e. The van der Waals surface area contributed by atoms with Gasteiger partial charge in [0.25, 0.3) is 0 Å². The fourth-order valence-corrected chi connectivity index (χ4v) is 3.72. The molecule has 0 bridgehead atoms. The van der Waals surface area contributed by atoms with E-state index >= 15 is 0 Å². The highest BCUT2D eigenvalue weighted by atomic mass is 35.5. The molecule has 32 heavy (non-hydrogen) atoms. The van der Waals surface area contributed by atoms with Gasteiger partial charge in [0.1, 0.15) is 0 Å². The number of aromatic nitrogens is 5. The summed E-state index contributed by atoms with van der Waals surface area (Å²) in [7, 11) is 0. The minimum Gasteiger partial charge on any atom is -0.381 e. The van der Waals surface area contributed by atoms with Gasteiger partial charge in [-0.2, -0.15) is 5.10 Å². The summed E-state index contributed by atoms with van der Waals surface area (Å²) in [5, 5.41) is 21.8. The maximum Gasteiger partial charge on any atom is 0.171 e. The Morgan fingerprint density at radius 3 is 2.56 bits per heavy atom. The lowest BCUT2D eigenvalue weighted by Gasteiger charge is -2.17. The van der Waals surface area contributed by atoms with Gasteiger partial charge in [0.15, 0.2) is 17.9 Å². The predicted octanol–water partition coefficient (Wildman–Crippen LogP) is 4.42. The lowest BCUT2D eigenvalue weighted by molar-refractivity contribution is 0.207. The highest BCUT2D eigenvalue weighted by Crippen LogP contribution is 2.36. The summed E-state index contributed by atoms with van der Waals surface area (Å²) in [6, 6.07) is 16.8. The number of aliphatic hydroxyl groups excluding tert-OH is 1. The molecule has 0 spiro atoms. The first kappa shape index (κ1) is 19.9. The van der Waals surface area contributed by atoms with Gasteiger partial charge < -0.3 is 16.2 Å². The number of rotatable bonds is 5. The molecule has 1 atom stereocenters. The summed E-state index contributed by atoms with van der Waals surface area (Å²) in [4.78, 5) is 13.4. The fraction of sp³-hybridized carbons (Fsp3) is 0.0435. The van der Waals surface area contributed by atoms with Crippen LogP contribution in [0, 0.1) is 0 Å². The van der Waals surface area contributed by atoms with Crippen LogP contribution in [0.2, 0.25) is 5.02 Å². The van der Waals surface area contributed by atoms with Crippen LogP contribution in [-0.4, -0.2) is 30.3 Å². The van der Waals surface area contributed by atoms with E-state index in [1.807, 2.05) is 36.4 Å². The molecule has 3 aromatic heterocycles. The number of nitrogen functional groups attached to an aromatic ring is 1. The van der Waals surface area contributed by atoms with Crippen molar-refractivity contribution in [1.82, 2.24) is 25.1 Å². The van der Waals surface area contributed by atoms with E-state index in [-0.39, 0.29) is 11.6 Å². The summed E-state index contributed by atoms with van der Waals surface area (Å²) in [5.41, 5.74) is 10.3. The van der Waals surface area contributed by atoms with Crippen LogP contribution in [0.3, 0.4) is 0 Å². The maximum atomic E-state index is 10.6. The number of fused-ring (bicyclic) bond motifs is 1. The molecule has 0 aliphatic carbocycles. The standard InChI is InChI=1S/C23H18ClN7O/c24-17-10-15(9-16-12-27-31-18(16)17)20-19(13-5-2-1-3-6-13)28-21(25)22(29-20)30-23(32)14-7-4-8-26-11-14/h1-12,23,32H,(H2,25,28)(H,27,31)(H,29,30). The quantitative estimate of drug-likeness (QED) is 0.296. The van der Waals surface area contributed by atoms with Crippen LogP contribution in [-0.2, 0) is 0 Å². The number of nitrogens with one attached hydrogen (secondary N) is 2. The molecule has 0 radical (unpaired) electrons. The Bertz CT molecular complexity index is 1390. The Morgan fingerprint density at radius 2 is 1.78 bits per heavy atom. The minimum atomic E-state index is -1.06. The number of nitrogens with zero attached hydrogens (tertiary/aromatic N) is 4. The molecule has 158 valence electrons. The van der Waals surface area contributed by atoms with Crippen molar-refractivity contribution in [3.8, 4) is 22.5 Å². The molecule has 5 rings (SSSR count). The third-order valence-corrected chi connectivity index (χ3v) is 5.32. The van der Waals surface area contributed by atoms with Gasteiger partial charge >= 0.3 is 0 Å². The summed E-state index contributed by atoms with van der Waals surface area (Å²) < 4.78 is 0. The zero-order valence-corrected chi connectivity index (χ0v) is 17.5. The van der Waals surface area contributed by atoms with E-state index in [0.717, 1.165) is 22.0 Å². The van der Waals surface area contributed by atoms with Crippen molar-refractivity contribution in [2.75, 3.05) is 11.1 Å². The molecular weight excluding hydrogens is 426 g/mol. The number of aromatic amines is 1. The van der Waals surface area contributed by atoms with Gasteiger partial charge in [-0.25, -0.2) is 9.97 Å². The molecule has 0 saturated carbocycles. The highest BCUT2D eigenvalue weighted by Gasteiger charge is 2.19. The third-order valence-electron chi connectivity index (χ3n) is 5.02. The third kappa shape index (κ3) is 3.73. The summed E-state index contributed by atoms with van der Waals surface area (Å²) in [6.45, 7) is 0. The lowest BCUT2D eigenvalue weighted by atomic mass is 10.0. The number of anilines is 2. The molecule has 0 fully saturated rings. The summed E-state index contributed by atoms with van der Waals surface area (Å²) >= 11 is 6.48. The Morgan fingerprint density at radius 1 is 0.969 bits per heavy atom. The SMILES string of the molecule is Nc1nc(-c2ccccc2)c(-c2cc(Cl)c3[nH]ncc3c2)nc1NC(O)c1cccnc1. The van der Waals surface area contributed by atoms with Crippen LogP contribution in [0.1, 0.15) is 11.8 Å². The van der Waals surface area contributed by atoms with Crippen LogP contribution in [0.5, 0.6) is 0 Å². The van der Waals surface area contributed by atoms with Crippen LogP contribution in [0.25, 0.3) is 33.4 Å². The topological polar surface area (TPSA) is 126 Å². The van der Waals surface area contributed by atoms with Crippen LogP contribution in [0.15, 0.2) is 73.2 Å². The zero-order chi connectivity index (χ0) is 22.1. The molecule has 9 heteroatoms. The molecule has 0 aliphatic rings. The Hall–Kier alpha value is -4.01. The van der Waals surface area contributed by atoms with E-state index in [0.29, 0.717) is 22.0 Å². The van der Waals surface area contributed by atoms with Gasteiger partial charge in [-0.1, -0.05) is 48.0 Å². The van der Waals surface area contributed by atoms with Crippen molar-refractivity contribution in [1.29, 1.82) is 0 Å². The first-order chi connectivity index (χ1) is 15.6. The van der Waals surface area contributed by atoms with E-state index in [1.165, 1.54) is 0 Å². The first-order valence-electron chi connectivity index (χ1n) is 9.80. The monoisotopic (exact) mass is 443 g/mol. The van der Waals surface area contributed by atoms with Gasteiger partial charge in [0, 0.05) is 34.5 Å². The average Bonchev–Trinajstić information content (AvgIpc) is 3.31. The number of halogens is 1. The highest BCUT2D eigenvalue weighted by molar-refractivity contribution is 6.35. The zero-order valence-electron chi connectivity index (χ0n) is 16.7. The van der Waals surface area contributed by atoms with Gasteiger partial charge in [-0.15, -0.1) is 0 Å². The number of hydrogen-bond donors (Lipinski definition) is 4. The molecule has 5 aromatic rings. The maximum absolute atomic E-state index is 10.6. The van der Waals surface area contributed by atoms with Crippen molar-refractivity contribution in [3.05, 3.63) is 83.8 Å². The van der Waals surface area contributed by atoms with Crippen molar-refractivity contribution >= 4 is 34.1 Å². The molecule has 3 heterocycles. The smallest absolute Gasteiger partial charge is 0.171 e. The Balaban J connectivity index is 1.66. The number of nitrogens with two attached hydrogens (primary N) is 1. The molecule has 0 aliphatic heterocycles. The number of aliphatic hydroxyl groups is 1. The van der Waals surface area contributed by atoms with Gasteiger partial charge in [0.2, 0.25) is 0 Å². The molecule has 5 N–H and O–H groups in total. The molecule has 2 aromatic carbocycles. The second kappa shape index (κ2) is 8.26. The van der Waals surface area contributed by atoms with E-state index < -0.39 is 6.23 Å². The fourth-order valence-electron chi connectivity index (χ4n) is 3.45. The van der Waals surface area contributed by atoms with E-state index in [1.54, 1.807) is 36.8 Å². The summed E-state index contributed by atoms with van der Waals surface area (Å²) in [5.74, 6) is 0.408. The van der Waals surface area contributed by atoms with E-state index in [9.17, 15) is 5.11 Å². The molecule has 1 unspecified atom stereocenters. The van der Waals surface area contributed by atoms with Gasteiger partial charge in [0.05, 0.1) is 28.1 Å². The lowest BCUT2D eigenvalue weighted by Crippen LogP contribution is -2.14. The molecule has 0 amide bonds. The van der Waals surface area contributed by atoms with Crippen molar-refractivity contribution in [2.45, 2.75) is 6.23 Å². The van der Waals surface area contributed by atoms with Crippen molar-refractivity contribution < 1.29 is 5.11 Å². The minimum absolute atomic E-state index is 0.158. The van der Waals surface area contributed by atoms with Crippen molar-refractivity contribution in [2.24, 2.45) is 0 Å². The average molecular weight is 444 g/mol. The van der Waals surface area contributed by atoms with E-state index in [2.05, 4.69) is 25.5 Å². The molecule has 0 saturated heterocycles. The number of benzene rings is 2. The van der Waals surface area contributed by atoms with Crippen molar-refractivity contribution in [3.63, 3.8) is 0 Å². The normalized spacial score (nSPS) is 12.1. The number of H-pyrrole nitrogens is 1. The molecule has 8 nitrogen and oxygen atoms in total. The van der Waals surface area contributed by atoms with Crippen LogP contribution in [0.4, 0.5) is 11.6 Å². The Kier molecular flexibility index (Phi) is 5.14. The predicted molar refractivity (Wildman–Crippen MR) is 125 cm³/mol. The second-order valence-corrected chi connectivity index (χ2v) is 7.55. The molecular formula is C23H18ClN7O. The van der Waals surface area contributed by atoms with Crippen LogP contribution >= 0.6 is 11.6 Å².